The molecule has 3 rings (SSSR count). The molecule has 1 saturated carbocycles. The number of anilines is 1. The number of nitrogens with two attached hydrogens (primary N) is 1. The molecule has 0 saturated heterocycles. The van der Waals surface area contributed by atoms with Gasteiger partial charge in [-0.2, -0.15) is 0 Å². The summed E-state index contributed by atoms with van der Waals surface area (Å²) in [6.45, 7) is 6.52. The monoisotopic (exact) mass is 329 g/mol. The molecule has 24 heavy (non-hydrogen) atoms. The normalized spacial score (nSPS) is 25.1. The first-order chi connectivity index (χ1) is 11.4. The van der Waals surface area contributed by atoms with E-state index >= 15 is 0 Å². The molecule has 1 aromatic heterocycles. The Bertz CT molecular complexity index is 711. The number of rotatable bonds is 5. The molecule has 1 heterocycles. The van der Waals surface area contributed by atoms with Crippen LogP contribution in [0.25, 0.3) is 5.69 Å². The number of nitrogens with zero attached hydrogens (tertiary/aromatic N) is 3. The second-order valence-electron chi connectivity index (χ2n) is 6.69. The molecule has 0 spiro atoms. The third-order valence-electron chi connectivity index (χ3n) is 5.05. The van der Waals surface area contributed by atoms with E-state index in [4.69, 9.17) is 10.5 Å². The number of amides is 1. The van der Waals surface area contributed by atoms with Gasteiger partial charge < -0.3 is 15.8 Å². The fourth-order valence-corrected chi connectivity index (χ4v) is 3.11. The van der Waals surface area contributed by atoms with Gasteiger partial charge in [0.25, 0.3) is 0 Å². The number of hydrogen-bond acceptors (Lipinski definition) is 5. The molecule has 2 unspecified atom stereocenters. The predicted molar refractivity (Wildman–Crippen MR) is 90.7 cm³/mol. The van der Waals surface area contributed by atoms with Gasteiger partial charge in [-0.05, 0) is 31.2 Å². The first-order valence-corrected chi connectivity index (χ1v) is 8.07. The topological polar surface area (TPSA) is 95.1 Å². The van der Waals surface area contributed by atoms with Crippen molar-refractivity contribution in [3.8, 4) is 5.69 Å². The van der Waals surface area contributed by atoms with Crippen LogP contribution in [0.5, 0.6) is 0 Å². The second-order valence-corrected chi connectivity index (χ2v) is 6.69. The molecule has 2 atom stereocenters. The van der Waals surface area contributed by atoms with E-state index in [-0.39, 0.29) is 12.0 Å². The van der Waals surface area contributed by atoms with Crippen molar-refractivity contribution in [3.05, 3.63) is 36.7 Å². The molecular formula is C17H23N5O2. The highest BCUT2D eigenvalue weighted by Gasteiger charge is 2.62. The maximum atomic E-state index is 12.7. The standard InChI is InChI=1S/C17H23N5O2/c1-4-24-14-11-17(18,16(14,2)3)15(23)20-12-5-7-13(8-6-12)22-10-9-19-21-22/h5-10,14H,4,11,18H2,1-3H3,(H,20,23). The smallest absolute Gasteiger partial charge is 0.245 e. The number of ether oxygens (including phenoxy) is 1. The van der Waals surface area contributed by atoms with Crippen molar-refractivity contribution in [1.82, 2.24) is 15.0 Å². The lowest BCUT2D eigenvalue weighted by molar-refractivity contribution is -0.166. The number of benzene rings is 1. The van der Waals surface area contributed by atoms with Crippen LogP contribution in [0.3, 0.4) is 0 Å². The number of aromatic nitrogens is 3. The van der Waals surface area contributed by atoms with Crippen LogP contribution in [-0.2, 0) is 9.53 Å². The average Bonchev–Trinajstić information content (AvgIpc) is 3.09. The van der Waals surface area contributed by atoms with Crippen LogP contribution < -0.4 is 11.1 Å². The van der Waals surface area contributed by atoms with E-state index in [0.29, 0.717) is 18.7 Å². The summed E-state index contributed by atoms with van der Waals surface area (Å²) >= 11 is 0. The van der Waals surface area contributed by atoms with Gasteiger partial charge in [-0.15, -0.1) is 5.10 Å². The summed E-state index contributed by atoms with van der Waals surface area (Å²) in [4.78, 5) is 12.7. The maximum absolute atomic E-state index is 12.7. The van der Waals surface area contributed by atoms with E-state index in [1.54, 1.807) is 17.1 Å². The Kier molecular flexibility index (Phi) is 4.15. The van der Waals surface area contributed by atoms with Crippen LogP contribution in [0.2, 0.25) is 0 Å². The Labute approximate surface area is 141 Å². The molecule has 7 nitrogen and oxygen atoms in total. The van der Waals surface area contributed by atoms with E-state index in [1.807, 2.05) is 45.0 Å². The molecule has 1 aliphatic rings. The molecular weight excluding hydrogens is 306 g/mol. The van der Waals surface area contributed by atoms with E-state index < -0.39 is 11.0 Å². The highest BCUT2D eigenvalue weighted by Crippen LogP contribution is 2.50. The van der Waals surface area contributed by atoms with Gasteiger partial charge in [0.2, 0.25) is 5.91 Å². The van der Waals surface area contributed by atoms with Gasteiger partial charge in [-0.1, -0.05) is 19.1 Å². The molecule has 1 aliphatic carbocycles. The molecule has 3 N–H and O–H groups in total. The zero-order valence-electron chi connectivity index (χ0n) is 14.2. The minimum absolute atomic E-state index is 0.00735. The van der Waals surface area contributed by atoms with E-state index in [2.05, 4.69) is 15.6 Å². The molecule has 1 amide bonds. The maximum Gasteiger partial charge on any atom is 0.245 e. The van der Waals surface area contributed by atoms with Crippen molar-refractivity contribution in [2.24, 2.45) is 11.1 Å². The lowest BCUT2D eigenvalue weighted by Gasteiger charge is -2.57. The first-order valence-electron chi connectivity index (χ1n) is 8.07. The number of nitrogens with one attached hydrogen (secondary N) is 1. The van der Waals surface area contributed by atoms with E-state index in [0.717, 1.165) is 5.69 Å². The van der Waals surface area contributed by atoms with E-state index in [1.165, 1.54) is 0 Å². The molecule has 0 radical (unpaired) electrons. The first kappa shape index (κ1) is 16.6. The molecule has 0 aliphatic heterocycles. The Morgan fingerprint density at radius 2 is 2.12 bits per heavy atom. The third-order valence-corrected chi connectivity index (χ3v) is 5.05. The highest BCUT2D eigenvalue weighted by atomic mass is 16.5. The number of carbonyl (C=O) groups is 1. The molecule has 1 aromatic carbocycles. The minimum Gasteiger partial charge on any atom is -0.378 e. The van der Waals surface area contributed by atoms with Gasteiger partial charge in [0.1, 0.15) is 5.54 Å². The minimum atomic E-state index is -0.933. The van der Waals surface area contributed by atoms with Crippen LogP contribution in [0.4, 0.5) is 5.69 Å². The summed E-state index contributed by atoms with van der Waals surface area (Å²) in [7, 11) is 0. The fraction of sp³-hybridized carbons (Fsp3) is 0.471. The van der Waals surface area contributed by atoms with Gasteiger partial charge >= 0.3 is 0 Å². The van der Waals surface area contributed by atoms with Crippen molar-refractivity contribution in [1.29, 1.82) is 0 Å². The van der Waals surface area contributed by atoms with Gasteiger partial charge in [0.15, 0.2) is 0 Å². The van der Waals surface area contributed by atoms with Gasteiger partial charge in [0, 0.05) is 24.1 Å². The largest absolute Gasteiger partial charge is 0.378 e. The van der Waals surface area contributed by atoms with Crippen molar-refractivity contribution in [2.45, 2.75) is 38.8 Å². The molecule has 7 heteroatoms. The molecule has 128 valence electrons. The van der Waals surface area contributed by atoms with Crippen LogP contribution in [-0.4, -0.2) is 39.2 Å². The van der Waals surface area contributed by atoms with Crippen LogP contribution in [0.1, 0.15) is 27.2 Å². The second kappa shape index (κ2) is 5.99. The summed E-state index contributed by atoms with van der Waals surface area (Å²) in [6.07, 6.45) is 3.90. The van der Waals surface area contributed by atoms with Gasteiger partial charge in [-0.3, -0.25) is 4.79 Å². The van der Waals surface area contributed by atoms with Crippen LogP contribution in [0.15, 0.2) is 36.7 Å². The summed E-state index contributed by atoms with van der Waals surface area (Å²) in [5.74, 6) is -0.183. The summed E-state index contributed by atoms with van der Waals surface area (Å²) in [5, 5.41) is 10.6. The third kappa shape index (κ3) is 2.59. The van der Waals surface area contributed by atoms with Crippen molar-refractivity contribution in [2.75, 3.05) is 11.9 Å². The predicted octanol–water partition coefficient (Wildman–Crippen LogP) is 1.74. The number of hydrogen-bond donors (Lipinski definition) is 2. The lowest BCUT2D eigenvalue weighted by atomic mass is 9.54. The molecule has 2 aromatic rings. The summed E-state index contributed by atoms with van der Waals surface area (Å²) in [6, 6.07) is 7.37. The Hall–Kier alpha value is -2.25. The summed E-state index contributed by atoms with van der Waals surface area (Å²) in [5.41, 5.74) is 6.61. The zero-order valence-corrected chi connectivity index (χ0v) is 14.2. The van der Waals surface area contributed by atoms with Crippen LogP contribution in [0, 0.1) is 5.41 Å². The Balaban J connectivity index is 1.69. The number of carbonyl (C=O) groups excluding carboxylic acids is 1. The zero-order chi connectivity index (χ0) is 17.4. The van der Waals surface area contributed by atoms with Crippen molar-refractivity contribution >= 4 is 11.6 Å². The lowest BCUT2D eigenvalue weighted by Crippen LogP contribution is -2.74. The van der Waals surface area contributed by atoms with Gasteiger partial charge in [-0.25, -0.2) is 4.68 Å². The van der Waals surface area contributed by atoms with Crippen molar-refractivity contribution in [3.63, 3.8) is 0 Å². The SMILES string of the molecule is CCOC1CC(N)(C(=O)Nc2ccc(-n3ccnn3)cc2)C1(C)C. The molecule has 0 bridgehead atoms. The van der Waals surface area contributed by atoms with E-state index in [9.17, 15) is 4.79 Å². The van der Waals surface area contributed by atoms with Crippen molar-refractivity contribution < 1.29 is 9.53 Å². The fourth-order valence-electron chi connectivity index (χ4n) is 3.11. The van der Waals surface area contributed by atoms with Crippen LogP contribution >= 0.6 is 0 Å². The quantitative estimate of drug-likeness (QED) is 0.871. The Morgan fingerprint density at radius 1 is 1.42 bits per heavy atom. The van der Waals surface area contributed by atoms with Gasteiger partial charge in [0.05, 0.1) is 24.2 Å². The average molecular weight is 329 g/mol. The highest BCUT2D eigenvalue weighted by molar-refractivity contribution is 5.99. The molecule has 1 fully saturated rings. The Morgan fingerprint density at radius 3 is 2.67 bits per heavy atom. The summed E-state index contributed by atoms with van der Waals surface area (Å²) < 4.78 is 7.32.